The van der Waals surface area contributed by atoms with Gasteiger partial charge in [-0.1, -0.05) is 27.2 Å². The standard InChI is InChI=1S/C9H17Cl2O/c1-4-6(2)9(12)7(3)8(11)5-10/h6-9H,4-5H2,1-3H3. The summed E-state index contributed by atoms with van der Waals surface area (Å²) in [5, 5.41) is 11.4. The topological polar surface area (TPSA) is 19.9 Å². The second kappa shape index (κ2) is 6.06. The third-order valence-electron chi connectivity index (χ3n) is 2.44. The van der Waals surface area contributed by atoms with Crippen molar-refractivity contribution in [2.24, 2.45) is 11.8 Å². The van der Waals surface area contributed by atoms with Crippen molar-refractivity contribution < 1.29 is 5.11 Å². The van der Waals surface area contributed by atoms with E-state index in [0.29, 0.717) is 5.88 Å². The van der Waals surface area contributed by atoms with E-state index >= 15 is 0 Å². The summed E-state index contributed by atoms with van der Waals surface area (Å²) in [7, 11) is 0. The first-order chi connectivity index (χ1) is 5.54. The van der Waals surface area contributed by atoms with Gasteiger partial charge in [0.25, 0.3) is 0 Å². The average molecular weight is 212 g/mol. The summed E-state index contributed by atoms with van der Waals surface area (Å²) in [6.45, 7) is 5.86. The van der Waals surface area contributed by atoms with E-state index in [1.807, 2.05) is 20.8 Å². The van der Waals surface area contributed by atoms with Crippen molar-refractivity contribution in [3.63, 3.8) is 0 Å². The molecule has 0 aliphatic rings. The van der Waals surface area contributed by atoms with Crippen LogP contribution < -0.4 is 0 Å². The third kappa shape index (κ3) is 3.51. The van der Waals surface area contributed by atoms with E-state index in [1.165, 1.54) is 0 Å². The molecule has 0 aromatic rings. The van der Waals surface area contributed by atoms with E-state index in [-0.39, 0.29) is 17.2 Å². The molecule has 1 nitrogen and oxygen atoms in total. The van der Waals surface area contributed by atoms with Gasteiger partial charge < -0.3 is 0 Å². The van der Waals surface area contributed by atoms with Crippen LogP contribution in [0, 0.1) is 11.8 Å². The maximum absolute atomic E-state index is 11.6. The molecule has 0 heterocycles. The Morgan fingerprint density at radius 1 is 1.33 bits per heavy atom. The first kappa shape index (κ1) is 12.5. The van der Waals surface area contributed by atoms with Crippen LogP contribution in [0.4, 0.5) is 0 Å². The highest BCUT2D eigenvalue weighted by Gasteiger charge is 2.26. The van der Waals surface area contributed by atoms with E-state index < -0.39 is 6.10 Å². The van der Waals surface area contributed by atoms with E-state index in [9.17, 15) is 5.11 Å². The summed E-state index contributed by atoms with van der Waals surface area (Å²) in [4.78, 5) is 0. The molecule has 0 aromatic heterocycles. The second-order valence-electron chi connectivity index (χ2n) is 3.38. The van der Waals surface area contributed by atoms with Crippen molar-refractivity contribution >= 4 is 23.2 Å². The number of hydrogen-bond acceptors (Lipinski definition) is 0. The van der Waals surface area contributed by atoms with Crippen LogP contribution in [0.1, 0.15) is 27.2 Å². The molecule has 0 N–H and O–H groups in total. The van der Waals surface area contributed by atoms with Gasteiger partial charge in [0, 0.05) is 11.8 Å². The fraction of sp³-hybridized carbons (Fsp3) is 1.00. The molecule has 0 aliphatic carbocycles. The Balaban J connectivity index is 3.99. The summed E-state index contributed by atoms with van der Waals surface area (Å²) in [6.07, 6.45) is 0.320. The highest BCUT2D eigenvalue weighted by molar-refractivity contribution is 6.28. The lowest BCUT2D eigenvalue weighted by atomic mass is 9.90. The fourth-order valence-electron chi connectivity index (χ4n) is 1.10. The Hall–Kier alpha value is 0.540. The first-order valence-corrected chi connectivity index (χ1v) is 5.37. The predicted octanol–water partition coefficient (Wildman–Crippen LogP) is 3.31. The van der Waals surface area contributed by atoms with E-state index in [1.54, 1.807) is 0 Å². The van der Waals surface area contributed by atoms with Crippen LogP contribution in [0.15, 0.2) is 0 Å². The number of halogens is 2. The maximum Gasteiger partial charge on any atom is 0.0995 e. The van der Waals surface area contributed by atoms with Crippen LogP contribution in [0.3, 0.4) is 0 Å². The van der Waals surface area contributed by atoms with Crippen molar-refractivity contribution in [3.05, 3.63) is 0 Å². The minimum atomic E-state index is -0.587. The molecular weight excluding hydrogens is 195 g/mol. The Labute approximate surface area is 85.1 Å². The van der Waals surface area contributed by atoms with E-state index in [0.717, 1.165) is 6.42 Å². The quantitative estimate of drug-likeness (QED) is 0.623. The molecule has 1 radical (unpaired) electrons. The Kier molecular flexibility index (Phi) is 6.34. The molecule has 0 bridgehead atoms. The molecular formula is C9H17Cl2O. The molecule has 0 aromatic carbocycles. The molecule has 0 amide bonds. The molecule has 0 saturated carbocycles. The highest BCUT2D eigenvalue weighted by Crippen LogP contribution is 2.23. The molecule has 0 saturated heterocycles. The van der Waals surface area contributed by atoms with Crippen LogP contribution in [0.2, 0.25) is 0 Å². The molecule has 73 valence electrons. The van der Waals surface area contributed by atoms with Gasteiger partial charge in [0.1, 0.15) is 0 Å². The number of alkyl halides is 2. The lowest BCUT2D eigenvalue weighted by Gasteiger charge is -2.24. The summed E-state index contributed by atoms with van der Waals surface area (Å²) < 4.78 is 0. The van der Waals surface area contributed by atoms with Gasteiger partial charge in [-0.15, -0.1) is 23.2 Å². The third-order valence-corrected chi connectivity index (χ3v) is 3.48. The van der Waals surface area contributed by atoms with Gasteiger partial charge in [0.05, 0.1) is 11.5 Å². The molecule has 0 fully saturated rings. The number of rotatable bonds is 5. The first-order valence-electron chi connectivity index (χ1n) is 4.40. The SMILES string of the molecule is CCC(C)C([O])C(C)C(Cl)CCl. The van der Waals surface area contributed by atoms with Crippen molar-refractivity contribution in [1.29, 1.82) is 0 Å². The van der Waals surface area contributed by atoms with Crippen LogP contribution in [-0.4, -0.2) is 17.4 Å². The summed E-state index contributed by atoms with van der Waals surface area (Å²) >= 11 is 11.4. The maximum atomic E-state index is 11.6. The number of hydrogen-bond donors (Lipinski definition) is 0. The zero-order valence-corrected chi connectivity index (χ0v) is 9.40. The van der Waals surface area contributed by atoms with E-state index in [2.05, 4.69) is 0 Å². The average Bonchev–Trinajstić information content (AvgIpc) is 2.12. The van der Waals surface area contributed by atoms with Crippen LogP contribution in [0.25, 0.3) is 0 Å². The van der Waals surface area contributed by atoms with Gasteiger partial charge in [0.15, 0.2) is 0 Å². The Morgan fingerprint density at radius 2 is 1.83 bits per heavy atom. The summed E-state index contributed by atoms with van der Waals surface area (Å²) in [5.41, 5.74) is 0. The van der Waals surface area contributed by atoms with Crippen molar-refractivity contribution in [2.45, 2.75) is 38.7 Å². The fourth-order valence-corrected chi connectivity index (χ4v) is 1.52. The zero-order valence-electron chi connectivity index (χ0n) is 7.89. The Morgan fingerprint density at radius 3 is 2.17 bits per heavy atom. The summed E-state index contributed by atoms with van der Waals surface area (Å²) in [5.74, 6) is 0.501. The largest absolute Gasteiger partial charge is 0.232 e. The lowest BCUT2D eigenvalue weighted by Crippen LogP contribution is -2.31. The van der Waals surface area contributed by atoms with Gasteiger partial charge in [-0.05, 0) is 5.92 Å². The molecule has 12 heavy (non-hydrogen) atoms. The van der Waals surface area contributed by atoms with Gasteiger partial charge in [-0.2, -0.15) is 0 Å². The van der Waals surface area contributed by atoms with Crippen molar-refractivity contribution in [3.8, 4) is 0 Å². The molecule has 4 unspecified atom stereocenters. The molecule has 4 atom stereocenters. The van der Waals surface area contributed by atoms with Crippen LogP contribution >= 0.6 is 23.2 Å². The Bertz CT molecular complexity index is 105. The molecule has 3 heteroatoms. The molecule has 0 rings (SSSR count). The minimum absolute atomic E-state index is 0.0425. The summed E-state index contributed by atoms with van der Waals surface area (Å²) in [6, 6.07) is 0. The van der Waals surface area contributed by atoms with Crippen LogP contribution in [0.5, 0.6) is 0 Å². The monoisotopic (exact) mass is 211 g/mol. The van der Waals surface area contributed by atoms with Gasteiger partial charge in [-0.3, -0.25) is 0 Å². The minimum Gasteiger partial charge on any atom is -0.232 e. The zero-order chi connectivity index (χ0) is 9.72. The van der Waals surface area contributed by atoms with E-state index in [4.69, 9.17) is 23.2 Å². The van der Waals surface area contributed by atoms with Crippen molar-refractivity contribution in [1.82, 2.24) is 0 Å². The second-order valence-corrected chi connectivity index (χ2v) is 4.25. The predicted molar refractivity (Wildman–Crippen MR) is 53.5 cm³/mol. The van der Waals surface area contributed by atoms with Crippen LogP contribution in [-0.2, 0) is 5.11 Å². The molecule has 0 aliphatic heterocycles. The van der Waals surface area contributed by atoms with Gasteiger partial charge in [0.2, 0.25) is 0 Å². The van der Waals surface area contributed by atoms with Gasteiger partial charge in [-0.25, -0.2) is 5.11 Å². The smallest absolute Gasteiger partial charge is 0.0995 e. The van der Waals surface area contributed by atoms with Crippen molar-refractivity contribution in [2.75, 3.05) is 5.88 Å². The van der Waals surface area contributed by atoms with Gasteiger partial charge >= 0.3 is 0 Å². The highest BCUT2D eigenvalue weighted by atomic mass is 35.5. The molecule has 0 spiro atoms. The lowest BCUT2D eigenvalue weighted by molar-refractivity contribution is 0.000109. The normalized spacial score (nSPS) is 21.5.